The highest BCUT2D eigenvalue weighted by Gasteiger charge is 2.25. The molecule has 1 saturated heterocycles. The molecule has 1 aliphatic heterocycles. The van der Waals surface area contributed by atoms with Crippen LogP contribution in [0, 0.1) is 0 Å². The van der Waals surface area contributed by atoms with Gasteiger partial charge < -0.3 is 14.3 Å². The normalized spacial score (nSPS) is 23.4. The second-order valence-electron chi connectivity index (χ2n) is 3.74. The zero-order chi connectivity index (χ0) is 12.3. The van der Waals surface area contributed by atoms with Crippen LogP contribution in [0.5, 0.6) is 11.5 Å². The number of hydrogen-bond donors (Lipinski definition) is 1. The van der Waals surface area contributed by atoms with Crippen molar-refractivity contribution in [1.29, 1.82) is 0 Å². The first kappa shape index (κ1) is 12.3. The lowest BCUT2D eigenvalue weighted by atomic mass is 10.2. The second kappa shape index (κ2) is 5.42. The highest BCUT2D eigenvalue weighted by atomic mass is 32.2. The molecule has 0 amide bonds. The Morgan fingerprint density at radius 1 is 1.35 bits per heavy atom. The Kier molecular flexibility index (Phi) is 3.91. The highest BCUT2D eigenvalue weighted by molar-refractivity contribution is 7.99. The minimum Gasteiger partial charge on any atom is -0.493 e. The fourth-order valence-electron chi connectivity index (χ4n) is 1.78. The van der Waals surface area contributed by atoms with Crippen LogP contribution in [0.1, 0.15) is 10.9 Å². The molecule has 0 aromatic heterocycles. The molecule has 1 N–H and O–H groups in total. The summed E-state index contributed by atoms with van der Waals surface area (Å²) < 4.78 is 10.4. The summed E-state index contributed by atoms with van der Waals surface area (Å²) in [4.78, 5) is 10.7. The Balaban J connectivity index is 2.19. The highest BCUT2D eigenvalue weighted by Crippen LogP contribution is 2.36. The van der Waals surface area contributed by atoms with Gasteiger partial charge in [0.2, 0.25) is 0 Å². The van der Waals surface area contributed by atoms with Gasteiger partial charge in [-0.2, -0.15) is 0 Å². The van der Waals surface area contributed by atoms with E-state index in [1.165, 1.54) is 0 Å². The number of hydrogen-bond acceptors (Lipinski definition) is 5. The largest absolute Gasteiger partial charge is 0.493 e. The Morgan fingerprint density at radius 2 is 2.12 bits per heavy atom. The predicted molar refractivity (Wildman–Crippen MR) is 67.7 cm³/mol. The molecule has 92 valence electrons. The van der Waals surface area contributed by atoms with Crippen LogP contribution >= 0.6 is 11.8 Å². The molecule has 5 heteroatoms. The van der Waals surface area contributed by atoms with Crippen LogP contribution in [-0.4, -0.2) is 32.3 Å². The van der Waals surface area contributed by atoms with Gasteiger partial charge in [-0.1, -0.05) is 6.07 Å². The van der Waals surface area contributed by atoms with Crippen molar-refractivity contribution in [2.45, 2.75) is 11.4 Å². The molecule has 1 aromatic carbocycles. The summed E-state index contributed by atoms with van der Waals surface area (Å²) in [5, 5.41) is 3.39. The van der Waals surface area contributed by atoms with E-state index in [1.54, 1.807) is 26.0 Å². The summed E-state index contributed by atoms with van der Waals surface area (Å²) >= 11 is 1.72. The Morgan fingerprint density at radius 3 is 2.71 bits per heavy atom. The molecule has 0 aliphatic carbocycles. The maximum atomic E-state index is 10.7. The third-order valence-electron chi connectivity index (χ3n) is 2.68. The van der Waals surface area contributed by atoms with Crippen molar-refractivity contribution >= 4 is 18.0 Å². The molecule has 2 rings (SSSR count). The molecule has 1 aliphatic rings. The van der Waals surface area contributed by atoms with Gasteiger partial charge in [-0.25, -0.2) is 0 Å². The summed E-state index contributed by atoms with van der Waals surface area (Å²) in [5.74, 6) is 2.23. The van der Waals surface area contributed by atoms with E-state index in [2.05, 4.69) is 5.32 Å². The molecular formula is C12H15NO3S. The molecule has 4 nitrogen and oxygen atoms in total. The molecule has 1 heterocycles. The molecule has 1 fully saturated rings. The van der Waals surface area contributed by atoms with Gasteiger partial charge in [-0.05, 0) is 17.7 Å². The second-order valence-corrected chi connectivity index (χ2v) is 4.88. The summed E-state index contributed by atoms with van der Waals surface area (Å²) in [6.45, 7) is 0. The SMILES string of the molecule is COc1ccc(C2NC(C=O)CS2)cc1OC. The van der Waals surface area contributed by atoms with E-state index in [0.29, 0.717) is 11.5 Å². The molecule has 2 atom stereocenters. The Bertz CT molecular complexity index is 411. The number of benzene rings is 1. The number of aldehydes is 1. The number of methoxy groups -OCH3 is 2. The van der Waals surface area contributed by atoms with Crippen LogP contribution in [0.4, 0.5) is 0 Å². The van der Waals surface area contributed by atoms with Crippen molar-refractivity contribution in [2.75, 3.05) is 20.0 Å². The predicted octanol–water partition coefficient (Wildman–Crippen LogP) is 1.61. The van der Waals surface area contributed by atoms with Gasteiger partial charge in [0.15, 0.2) is 11.5 Å². The summed E-state index contributed by atoms with van der Waals surface area (Å²) in [6, 6.07) is 5.75. The van der Waals surface area contributed by atoms with E-state index in [-0.39, 0.29) is 11.4 Å². The number of carbonyl (C=O) groups excluding carboxylic acids is 1. The van der Waals surface area contributed by atoms with Crippen molar-refractivity contribution in [3.05, 3.63) is 23.8 Å². The topological polar surface area (TPSA) is 47.6 Å². The number of carbonyl (C=O) groups is 1. The lowest BCUT2D eigenvalue weighted by molar-refractivity contribution is -0.109. The van der Waals surface area contributed by atoms with E-state index in [0.717, 1.165) is 17.6 Å². The molecule has 2 unspecified atom stereocenters. The van der Waals surface area contributed by atoms with Gasteiger partial charge in [0.05, 0.1) is 25.6 Å². The minimum absolute atomic E-state index is 0.0573. The standard InChI is InChI=1S/C12H15NO3S/c1-15-10-4-3-8(5-11(10)16-2)12-13-9(6-14)7-17-12/h3-6,9,12-13H,7H2,1-2H3. The number of nitrogens with one attached hydrogen (secondary N) is 1. The Hall–Kier alpha value is -1.20. The smallest absolute Gasteiger partial charge is 0.161 e. The van der Waals surface area contributed by atoms with Crippen molar-refractivity contribution in [2.24, 2.45) is 0 Å². The van der Waals surface area contributed by atoms with Crippen molar-refractivity contribution in [3.63, 3.8) is 0 Å². The number of rotatable bonds is 4. The molecule has 0 spiro atoms. The number of thioether (sulfide) groups is 1. The maximum Gasteiger partial charge on any atom is 0.161 e. The molecule has 1 aromatic rings. The molecule has 0 bridgehead atoms. The first-order valence-electron chi connectivity index (χ1n) is 5.33. The zero-order valence-electron chi connectivity index (χ0n) is 9.80. The van der Waals surface area contributed by atoms with Gasteiger partial charge >= 0.3 is 0 Å². The van der Waals surface area contributed by atoms with Gasteiger partial charge in [-0.15, -0.1) is 11.8 Å². The van der Waals surface area contributed by atoms with Crippen LogP contribution in [0.2, 0.25) is 0 Å². The summed E-state index contributed by atoms with van der Waals surface area (Å²) in [5.41, 5.74) is 1.09. The third kappa shape index (κ3) is 2.56. The quantitative estimate of drug-likeness (QED) is 0.826. The minimum atomic E-state index is -0.0573. The van der Waals surface area contributed by atoms with E-state index in [1.807, 2.05) is 18.2 Å². The van der Waals surface area contributed by atoms with Gasteiger partial charge in [-0.3, -0.25) is 5.32 Å². The average molecular weight is 253 g/mol. The first-order chi connectivity index (χ1) is 8.28. The third-order valence-corrected chi connectivity index (χ3v) is 3.98. The van der Waals surface area contributed by atoms with Crippen LogP contribution in [0.3, 0.4) is 0 Å². The van der Waals surface area contributed by atoms with Gasteiger partial charge in [0.25, 0.3) is 0 Å². The van der Waals surface area contributed by atoms with Crippen LogP contribution < -0.4 is 14.8 Å². The Labute approximate surface area is 105 Å². The number of ether oxygens (including phenoxy) is 2. The van der Waals surface area contributed by atoms with Crippen molar-refractivity contribution < 1.29 is 14.3 Å². The lowest BCUT2D eigenvalue weighted by Crippen LogP contribution is -2.26. The fourth-order valence-corrected chi connectivity index (χ4v) is 2.96. The maximum absolute atomic E-state index is 10.7. The van der Waals surface area contributed by atoms with E-state index >= 15 is 0 Å². The summed E-state index contributed by atoms with van der Waals surface area (Å²) in [7, 11) is 3.23. The van der Waals surface area contributed by atoms with E-state index in [9.17, 15) is 4.79 Å². The van der Waals surface area contributed by atoms with Gasteiger partial charge in [0, 0.05) is 5.75 Å². The average Bonchev–Trinajstić information content (AvgIpc) is 2.86. The van der Waals surface area contributed by atoms with Crippen LogP contribution in [0.15, 0.2) is 18.2 Å². The first-order valence-corrected chi connectivity index (χ1v) is 6.38. The fraction of sp³-hybridized carbons (Fsp3) is 0.417. The van der Waals surface area contributed by atoms with Crippen molar-refractivity contribution in [1.82, 2.24) is 5.32 Å². The van der Waals surface area contributed by atoms with E-state index < -0.39 is 0 Å². The lowest BCUT2D eigenvalue weighted by Gasteiger charge is -2.14. The molecule has 17 heavy (non-hydrogen) atoms. The summed E-state index contributed by atoms with van der Waals surface area (Å²) in [6.07, 6.45) is 0.952. The van der Waals surface area contributed by atoms with E-state index in [4.69, 9.17) is 9.47 Å². The molecule has 0 saturated carbocycles. The van der Waals surface area contributed by atoms with Crippen molar-refractivity contribution in [3.8, 4) is 11.5 Å². The van der Waals surface area contributed by atoms with Crippen LogP contribution in [0.25, 0.3) is 0 Å². The molecule has 0 radical (unpaired) electrons. The molecular weight excluding hydrogens is 238 g/mol. The van der Waals surface area contributed by atoms with Crippen LogP contribution in [-0.2, 0) is 4.79 Å². The monoisotopic (exact) mass is 253 g/mol. The van der Waals surface area contributed by atoms with Gasteiger partial charge in [0.1, 0.15) is 6.29 Å². The zero-order valence-corrected chi connectivity index (χ0v) is 10.6.